The minimum absolute atomic E-state index is 0.00694. The van der Waals surface area contributed by atoms with Crippen LogP contribution in [0.25, 0.3) is 22.0 Å². The first-order valence-electron chi connectivity index (χ1n) is 11.4. The lowest BCUT2D eigenvalue weighted by molar-refractivity contribution is -0.0274. The van der Waals surface area contributed by atoms with E-state index in [4.69, 9.17) is 11.5 Å². The summed E-state index contributed by atoms with van der Waals surface area (Å²) >= 11 is 0. The number of aromatic nitrogens is 3. The van der Waals surface area contributed by atoms with E-state index in [1.807, 2.05) is 18.2 Å². The van der Waals surface area contributed by atoms with Crippen LogP contribution in [0, 0.1) is 5.95 Å². The van der Waals surface area contributed by atoms with E-state index in [-0.39, 0.29) is 18.5 Å². The lowest BCUT2D eigenvalue weighted by Crippen LogP contribution is -2.35. The van der Waals surface area contributed by atoms with Crippen LogP contribution in [0.15, 0.2) is 36.8 Å². The maximum atomic E-state index is 13.1. The van der Waals surface area contributed by atoms with Crippen LogP contribution >= 0.6 is 0 Å². The van der Waals surface area contributed by atoms with Gasteiger partial charge in [0.05, 0.1) is 11.2 Å². The monoisotopic (exact) mass is 460 g/mol. The number of rotatable bonds is 1. The molecule has 2 aromatic heterocycles. The number of anilines is 2. The number of fused-ring (bicyclic) bond motifs is 1. The van der Waals surface area contributed by atoms with Gasteiger partial charge in [0.25, 0.3) is 5.92 Å². The lowest BCUT2D eigenvalue weighted by atomic mass is 10.0. The molecule has 0 radical (unpaired) electrons. The van der Waals surface area contributed by atoms with E-state index in [2.05, 4.69) is 20.3 Å². The second kappa shape index (κ2) is 11.8. The van der Waals surface area contributed by atoms with Crippen molar-refractivity contribution in [3.63, 3.8) is 0 Å². The number of alkyl halides is 2. The van der Waals surface area contributed by atoms with Gasteiger partial charge >= 0.3 is 0 Å². The molecule has 1 saturated carbocycles. The average molecular weight is 461 g/mol. The van der Waals surface area contributed by atoms with Crippen molar-refractivity contribution in [3.8, 4) is 11.1 Å². The predicted octanol–water partition coefficient (Wildman–Crippen LogP) is 5.34. The molecule has 9 heteroatoms. The van der Waals surface area contributed by atoms with Crippen LogP contribution in [0.2, 0.25) is 0 Å². The van der Waals surface area contributed by atoms with Gasteiger partial charge in [-0.25, -0.2) is 23.7 Å². The Morgan fingerprint density at radius 1 is 0.818 bits per heavy atom. The first kappa shape index (κ1) is 24.7. The maximum Gasteiger partial charge on any atom is 0.250 e. The van der Waals surface area contributed by atoms with Crippen LogP contribution in [0.4, 0.5) is 24.7 Å². The van der Waals surface area contributed by atoms with Crippen molar-refractivity contribution >= 4 is 22.4 Å². The molecule has 6 nitrogen and oxygen atoms in total. The third-order valence-electron chi connectivity index (χ3n) is 5.70. The number of piperidine rings is 1. The number of nitrogen functional groups attached to an aromatic ring is 2. The van der Waals surface area contributed by atoms with Crippen LogP contribution in [-0.4, -0.2) is 34.0 Å². The third kappa shape index (κ3) is 7.56. The highest BCUT2D eigenvalue weighted by Gasteiger charge is 2.30. The van der Waals surface area contributed by atoms with Gasteiger partial charge in [-0.05, 0) is 23.8 Å². The molecule has 1 saturated heterocycles. The Morgan fingerprint density at radius 2 is 1.45 bits per heavy atom. The zero-order chi connectivity index (χ0) is 23.7. The molecule has 33 heavy (non-hydrogen) atoms. The van der Waals surface area contributed by atoms with Gasteiger partial charge in [0.2, 0.25) is 5.95 Å². The molecule has 0 spiro atoms. The van der Waals surface area contributed by atoms with Crippen molar-refractivity contribution < 1.29 is 13.2 Å². The van der Waals surface area contributed by atoms with E-state index in [9.17, 15) is 13.2 Å². The number of nitrogens with two attached hydrogens (primary N) is 2. The van der Waals surface area contributed by atoms with Gasteiger partial charge in [-0.15, -0.1) is 0 Å². The zero-order valence-electron chi connectivity index (χ0n) is 18.7. The molecule has 1 aliphatic carbocycles. The largest absolute Gasteiger partial charge is 0.395 e. The number of benzene rings is 1. The van der Waals surface area contributed by atoms with Gasteiger partial charge in [-0.2, -0.15) is 4.39 Å². The molecular formula is C24H31F3N6. The second-order valence-electron chi connectivity index (χ2n) is 8.32. The fraction of sp³-hybridized carbons (Fsp3) is 0.458. The van der Waals surface area contributed by atoms with Gasteiger partial charge in [-0.1, -0.05) is 44.6 Å². The van der Waals surface area contributed by atoms with Crippen LogP contribution < -0.4 is 16.8 Å². The molecule has 3 aromatic rings. The quantitative estimate of drug-likeness (QED) is 0.424. The Morgan fingerprint density at radius 3 is 2.00 bits per heavy atom. The van der Waals surface area contributed by atoms with E-state index in [1.54, 1.807) is 0 Å². The summed E-state index contributed by atoms with van der Waals surface area (Å²) in [5, 5.41) is 3.60. The fourth-order valence-electron chi connectivity index (χ4n) is 3.73. The molecule has 2 fully saturated rings. The van der Waals surface area contributed by atoms with Gasteiger partial charge in [0.15, 0.2) is 0 Å². The van der Waals surface area contributed by atoms with Gasteiger partial charge in [0, 0.05) is 43.1 Å². The predicted molar refractivity (Wildman–Crippen MR) is 126 cm³/mol. The molecule has 178 valence electrons. The first-order chi connectivity index (χ1) is 15.9. The average Bonchev–Trinajstić information content (AvgIpc) is 2.83. The van der Waals surface area contributed by atoms with Crippen LogP contribution in [-0.2, 0) is 0 Å². The number of hydrogen-bond donors (Lipinski definition) is 3. The summed E-state index contributed by atoms with van der Waals surface area (Å²) in [6.45, 7) is 0.931. The highest BCUT2D eigenvalue weighted by Crippen LogP contribution is 2.27. The molecule has 0 bridgehead atoms. The van der Waals surface area contributed by atoms with E-state index >= 15 is 0 Å². The Balaban J connectivity index is 0.000000179. The summed E-state index contributed by atoms with van der Waals surface area (Å²) in [5.74, 6) is -2.66. The Hall–Kier alpha value is -2.94. The number of hydrogen-bond acceptors (Lipinski definition) is 6. The van der Waals surface area contributed by atoms with Gasteiger partial charge in [0.1, 0.15) is 12.1 Å². The van der Waals surface area contributed by atoms with Crippen LogP contribution in [0.3, 0.4) is 0 Å². The van der Waals surface area contributed by atoms with Crippen molar-refractivity contribution in [2.75, 3.05) is 24.6 Å². The number of pyridine rings is 1. The molecule has 5 rings (SSSR count). The van der Waals surface area contributed by atoms with E-state index in [0.717, 1.165) is 16.5 Å². The Labute approximate surface area is 192 Å². The van der Waals surface area contributed by atoms with E-state index in [1.165, 1.54) is 57.1 Å². The zero-order valence-corrected chi connectivity index (χ0v) is 18.7. The summed E-state index contributed by atoms with van der Waals surface area (Å²) in [5.41, 5.74) is 13.6. The Bertz CT molecular complexity index is 1020. The topological polar surface area (TPSA) is 103 Å². The molecule has 5 N–H and O–H groups in total. The summed E-state index contributed by atoms with van der Waals surface area (Å²) in [7, 11) is 0. The summed E-state index contributed by atoms with van der Waals surface area (Å²) in [4.78, 5) is 11.7. The standard InChI is InChI=1S/C13H10FN5.C6H12.C5H9F2N/c14-12-10(15)4-8(5-17-12)7-1-2-11-9(3-7)13(16)19-6-18-11;1-2-4-6-5-3-1;6-5(7)1-3-8-4-2-5/h1-6H,15H2,(H2,16,18,19);1-6H2;8H,1-4H2. The normalized spacial score (nSPS) is 17.3. The van der Waals surface area contributed by atoms with Crippen LogP contribution in [0.1, 0.15) is 51.4 Å². The van der Waals surface area contributed by atoms with Gasteiger partial charge in [-0.3, -0.25) is 0 Å². The molecule has 0 amide bonds. The van der Waals surface area contributed by atoms with Crippen molar-refractivity contribution in [2.24, 2.45) is 0 Å². The molecule has 2 aliphatic rings. The lowest BCUT2D eigenvalue weighted by Gasteiger charge is -2.21. The summed E-state index contributed by atoms with van der Waals surface area (Å²) in [6, 6.07) is 7.04. The highest BCUT2D eigenvalue weighted by molar-refractivity contribution is 5.91. The first-order valence-corrected chi connectivity index (χ1v) is 11.4. The minimum atomic E-state index is -2.38. The SMILES string of the molecule is C1CCCCC1.FC1(F)CCNCC1.Nc1cc(-c2ccc3ncnc(N)c3c2)cnc1F. The van der Waals surface area contributed by atoms with Crippen molar-refractivity contribution in [1.29, 1.82) is 0 Å². The van der Waals surface area contributed by atoms with Crippen LogP contribution in [0.5, 0.6) is 0 Å². The molecule has 0 atom stereocenters. The number of nitrogens with one attached hydrogen (secondary N) is 1. The van der Waals surface area contributed by atoms with E-state index in [0.29, 0.717) is 24.5 Å². The van der Waals surface area contributed by atoms with E-state index < -0.39 is 11.9 Å². The second-order valence-corrected chi connectivity index (χ2v) is 8.32. The van der Waals surface area contributed by atoms with Crippen molar-refractivity contribution in [1.82, 2.24) is 20.3 Å². The van der Waals surface area contributed by atoms with Crippen molar-refractivity contribution in [2.45, 2.75) is 57.3 Å². The summed E-state index contributed by atoms with van der Waals surface area (Å²) in [6.07, 6.45) is 11.8. The number of nitrogens with zero attached hydrogens (tertiary/aromatic N) is 3. The minimum Gasteiger partial charge on any atom is -0.395 e. The molecule has 1 aliphatic heterocycles. The molecule has 0 unspecified atom stereocenters. The highest BCUT2D eigenvalue weighted by atomic mass is 19.3. The molecular weight excluding hydrogens is 429 g/mol. The molecule has 1 aromatic carbocycles. The maximum absolute atomic E-state index is 13.1. The van der Waals surface area contributed by atoms with Gasteiger partial charge < -0.3 is 16.8 Å². The molecule has 3 heterocycles. The Kier molecular flexibility index (Phi) is 8.82. The third-order valence-corrected chi connectivity index (χ3v) is 5.70. The number of halogens is 3. The summed E-state index contributed by atoms with van der Waals surface area (Å²) < 4.78 is 37.4. The van der Waals surface area contributed by atoms with Crippen molar-refractivity contribution in [3.05, 3.63) is 42.7 Å². The fourth-order valence-corrected chi connectivity index (χ4v) is 3.73. The smallest absolute Gasteiger partial charge is 0.250 e.